The normalized spacial score (nSPS) is 21.1. The Balaban J connectivity index is 0.00000261. The minimum absolute atomic E-state index is 0. The van der Waals surface area contributed by atoms with Crippen LogP contribution >= 0.6 is 12.4 Å². The molecule has 0 radical (unpaired) electrons. The predicted octanol–water partition coefficient (Wildman–Crippen LogP) is 1.87. The van der Waals surface area contributed by atoms with Gasteiger partial charge in [-0.1, -0.05) is 6.07 Å². The van der Waals surface area contributed by atoms with E-state index in [4.69, 9.17) is 10.5 Å². The Kier molecular flexibility index (Phi) is 7.50. The molecule has 0 aliphatic carbocycles. The number of nitrogens with one attached hydrogen (secondary N) is 1. The van der Waals surface area contributed by atoms with Gasteiger partial charge in [-0.05, 0) is 55.9 Å². The average Bonchev–Trinajstić information content (AvgIpc) is 3.03. The smallest absolute Gasteiger partial charge is 0.264 e. The Hall–Kier alpha value is -1.79. The summed E-state index contributed by atoms with van der Waals surface area (Å²) in [6.07, 6.45) is 3.47. The molecule has 3 N–H and O–H groups in total. The molecule has 150 valence electrons. The van der Waals surface area contributed by atoms with Crippen molar-refractivity contribution in [3.8, 4) is 5.75 Å². The van der Waals surface area contributed by atoms with Crippen LogP contribution in [0.2, 0.25) is 0 Å². The third-order valence-corrected chi connectivity index (χ3v) is 5.44. The second-order valence-electron chi connectivity index (χ2n) is 7.38. The van der Waals surface area contributed by atoms with Crippen molar-refractivity contribution >= 4 is 24.2 Å². The summed E-state index contributed by atoms with van der Waals surface area (Å²) in [5.41, 5.74) is 8.92. The van der Waals surface area contributed by atoms with E-state index in [-0.39, 0.29) is 30.3 Å². The maximum absolute atomic E-state index is 13.1. The highest BCUT2D eigenvalue weighted by molar-refractivity contribution is 5.85. The van der Waals surface area contributed by atoms with E-state index in [2.05, 4.69) is 25.2 Å². The molecule has 1 aromatic carbocycles. The van der Waals surface area contributed by atoms with Gasteiger partial charge in [0.1, 0.15) is 5.75 Å². The summed E-state index contributed by atoms with van der Waals surface area (Å²) in [4.78, 5) is 26.7. The number of carbonyl (C=O) groups is 2. The van der Waals surface area contributed by atoms with Crippen LogP contribution in [0.4, 0.5) is 0 Å². The molecule has 1 saturated heterocycles. The van der Waals surface area contributed by atoms with Gasteiger partial charge in [-0.15, -0.1) is 12.4 Å². The highest BCUT2D eigenvalue weighted by atomic mass is 35.5. The van der Waals surface area contributed by atoms with Gasteiger partial charge in [0, 0.05) is 38.5 Å². The molecule has 1 fully saturated rings. The fraction of sp³-hybridized carbons (Fsp3) is 0.600. The number of amides is 2. The average molecular weight is 396 g/mol. The third-order valence-electron chi connectivity index (χ3n) is 5.44. The van der Waals surface area contributed by atoms with Crippen LogP contribution in [0.5, 0.6) is 5.75 Å². The summed E-state index contributed by atoms with van der Waals surface area (Å²) in [5.74, 6) is 0.812. The number of nitrogens with two attached hydrogens (primary N) is 1. The van der Waals surface area contributed by atoms with Crippen molar-refractivity contribution in [3.05, 3.63) is 28.8 Å². The molecule has 27 heavy (non-hydrogen) atoms. The molecule has 0 saturated carbocycles. The zero-order valence-electron chi connectivity index (χ0n) is 16.1. The number of halogens is 1. The molecule has 2 atom stereocenters. The van der Waals surface area contributed by atoms with E-state index in [1.165, 1.54) is 11.1 Å². The van der Waals surface area contributed by atoms with E-state index < -0.39 is 6.10 Å². The first kappa shape index (κ1) is 21.5. The van der Waals surface area contributed by atoms with E-state index in [1.54, 1.807) is 0 Å². The summed E-state index contributed by atoms with van der Waals surface area (Å²) in [6, 6.07) is 4.19. The Morgan fingerprint density at radius 1 is 1.26 bits per heavy atom. The molecule has 2 aliphatic rings. The molecule has 1 aromatic rings. The molecule has 2 aliphatic heterocycles. The summed E-state index contributed by atoms with van der Waals surface area (Å²) in [7, 11) is 0. The highest BCUT2D eigenvalue weighted by Gasteiger charge is 2.36. The van der Waals surface area contributed by atoms with Gasteiger partial charge in [-0.25, -0.2) is 0 Å². The number of nitrogens with zero attached hydrogens (tertiary/aromatic N) is 1. The number of rotatable bonds is 5. The molecule has 2 unspecified atom stereocenters. The fourth-order valence-corrected chi connectivity index (χ4v) is 3.79. The van der Waals surface area contributed by atoms with Crippen molar-refractivity contribution in [2.75, 3.05) is 19.6 Å². The van der Waals surface area contributed by atoms with Crippen LogP contribution in [0.3, 0.4) is 0 Å². The van der Waals surface area contributed by atoms with Crippen molar-refractivity contribution < 1.29 is 14.3 Å². The molecule has 7 heteroatoms. The summed E-state index contributed by atoms with van der Waals surface area (Å²) in [6.45, 7) is 5.69. The molecular formula is C20H30ClN3O3. The fourth-order valence-electron chi connectivity index (χ4n) is 3.79. The maximum Gasteiger partial charge on any atom is 0.264 e. The molecule has 2 amide bonds. The van der Waals surface area contributed by atoms with Gasteiger partial charge in [0.15, 0.2) is 6.10 Å². The van der Waals surface area contributed by atoms with Gasteiger partial charge in [0.25, 0.3) is 5.91 Å². The first-order valence-corrected chi connectivity index (χ1v) is 9.53. The van der Waals surface area contributed by atoms with Gasteiger partial charge in [-0.2, -0.15) is 0 Å². The van der Waals surface area contributed by atoms with Gasteiger partial charge < -0.3 is 20.7 Å². The SMILES string of the molecule is Cc1cc2c(cc1C)OC(C(=O)N1CCCCC1CNC(=O)CCN)C2.Cl. The quantitative estimate of drug-likeness (QED) is 0.797. The van der Waals surface area contributed by atoms with Crippen LogP contribution in [0, 0.1) is 13.8 Å². The topological polar surface area (TPSA) is 84.7 Å². The van der Waals surface area contributed by atoms with Crippen LogP contribution in [0.15, 0.2) is 12.1 Å². The molecule has 0 aromatic heterocycles. The Morgan fingerprint density at radius 3 is 2.74 bits per heavy atom. The number of hydrogen-bond acceptors (Lipinski definition) is 4. The summed E-state index contributed by atoms with van der Waals surface area (Å²) in [5, 5.41) is 2.91. The summed E-state index contributed by atoms with van der Waals surface area (Å²) >= 11 is 0. The number of piperidine rings is 1. The van der Waals surface area contributed by atoms with E-state index in [0.717, 1.165) is 37.1 Å². The lowest BCUT2D eigenvalue weighted by Crippen LogP contribution is -2.53. The molecule has 0 bridgehead atoms. The number of likely N-dealkylation sites (tertiary alicyclic amines) is 1. The molecule has 6 nitrogen and oxygen atoms in total. The van der Waals surface area contributed by atoms with Gasteiger partial charge >= 0.3 is 0 Å². The standard InChI is InChI=1S/C20H29N3O3.ClH/c1-13-9-15-11-18(26-17(15)10-14(13)2)20(25)23-8-4-3-5-16(23)12-22-19(24)6-7-21;/h9-10,16,18H,3-8,11-12,21H2,1-2H3,(H,22,24);1H. The minimum Gasteiger partial charge on any atom is -0.480 e. The molecule has 0 spiro atoms. The number of aryl methyl sites for hydroxylation is 2. The van der Waals surface area contributed by atoms with E-state index in [9.17, 15) is 9.59 Å². The monoisotopic (exact) mass is 395 g/mol. The van der Waals surface area contributed by atoms with Gasteiger partial charge in [0.05, 0.1) is 0 Å². The maximum atomic E-state index is 13.1. The first-order valence-electron chi connectivity index (χ1n) is 9.53. The third kappa shape index (κ3) is 4.93. The minimum atomic E-state index is -0.452. The Morgan fingerprint density at radius 2 is 2.00 bits per heavy atom. The van der Waals surface area contributed by atoms with Crippen LogP contribution < -0.4 is 15.8 Å². The number of ether oxygens (including phenoxy) is 1. The van der Waals surface area contributed by atoms with E-state index >= 15 is 0 Å². The Labute approximate surface area is 167 Å². The molecule has 3 rings (SSSR count). The van der Waals surface area contributed by atoms with Gasteiger partial charge in [-0.3, -0.25) is 9.59 Å². The van der Waals surface area contributed by atoms with Crippen LogP contribution in [-0.2, 0) is 16.0 Å². The van der Waals surface area contributed by atoms with Crippen LogP contribution in [0.1, 0.15) is 42.4 Å². The van der Waals surface area contributed by atoms with Crippen LogP contribution in [0.25, 0.3) is 0 Å². The van der Waals surface area contributed by atoms with Crippen molar-refractivity contribution in [3.63, 3.8) is 0 Å². The highest BCUT2D eigenvalue weighted by Crippen LogP contribution is 2.33. The lowest BCUT2D eigenvalue weighted by molar-refractivity contribution is -0.142. The second kappa shape index (κ2) is 9.42. The zero-order valence-corrected chi connectivity index (χ0v) is 16.9. The molecular weight excluding hydrogens is 366 g/mol. The van der Waals surface area contributed by atoms with Crippen molar-refractivity contribution in [2.24, 2.45) is 5.73 Å². The lowest BCUT2D eigenvalue weighted by atomic mass is 9.99. The Bertz CT molecular complexity index is 664. The number of benzene rings is 1. The largest absolute Gasteiger partial charge is 0.480 e. The molecule has 2 heterocycles. The van der Waals surface area contributed by atoms with Crippen LogP contribution in [-0.4, -0.2) is 48.5 Å². The number of fused-ring (bicyclic) bond motifs is 1. The van der Waals surface area contributed by atoms with Crippen molar-refractivity contribution in [1.82, 2.24) is 10.2 Å². The number of carbonyl (C=O) groups excluding carboxylic acids is 2. The predicted molar refractivity (Wildman–Crippen MR) is 107 cm³/mol. The van der Waals surface area contributed by atoms with E-state index in [0.29, 0.717) is 25.9 Å². The zero-order chi connectivity index (χ0) is 18.7. The van der Waals surface area contributed by atoms with E-state index in [1.807, 2.05) is 11.0 Å². The lowest BCUT2D eigenvalue weighted by Gasteiger charge is -2.37. The van der Waals surface area contributed by atoms with Crippen molar-refractivity contribution in [1.29, 1.82) is 0 Å². The number of hydrogen-bond donors (Lipinski definition) is 2. The summed E-state index contributed by atoms with van der Waals surface area (Å²) < 4.78 is 5.98. The second-order valence-corrected chi connectivity index (χ2v) is 7.38. The van der Waals surface area contributed by atoms with Crippen molar-refractivity contribution in [2.45, 2.75) is 58.1 Å². The van der Waals surface area contributed by atoms with Gasteiger partial charge in [0.2, 0.25) is 5.91 Å². The first-order chi connectivity index (χ1) is 12.5.